The zero-order valence-corrected chi connectivity index (χ0v) is 19.0. The third-order valence-electron chi connectivity index (χ3n) is 4.88. The molecule has 8 nitrogen and oxygen atoms in total. The van der Waals surface area contributed by atoms with E-state index in [1.165, 1.54) is 4.57 Å². The number of carbonyl (C=O) groups excluding carboxylic acids is 1. The molecule has 0 aliphatic heterocycles. The first-order chi connectivity index (χ1) is 15.3. The second kappa shape index (κ2) is 9.05. The Morgan fingerprint density at radius 1 is 1.09 bits per heavy atom. The van der Waals surface area contributed by atoms with Gasteiger partial charge < -0.3 is 5.32 Å². The van der Waals surface area contributed by atoms with Crippen LogP contribution in [0.3, 0.4) is 0 Å². The van der Waals surface area contributed by atoms with Gasteiger partial charge in [-0.05, 0) is 42.8 Å². The molecule has 0 spiro atoms. The maximum Gasteiger partial charge on any atom is 0.355 e. The van der Waals surface area contributed by atoms with Gasteiger partial charge >= 0.3 is 11.4 Å². The minimum Gasteiger partial charge on any atom is -0.325 e. The van der Waals surface area contributed by atoms with Gasteiger partial charge in [0.2, 0.25) is 5.95 Å². The van der Waals surface area contributed by atoms with Gasteiger partial charge in [0, 0.05) is 17.1 Å². The predicted molar refractivity (Wildman–Crippen MR) is 126 cm³/mol. The lowest BCUT2D eigenvalue weighted by Crippen LogP contribution is -2.44. The van der Waals surface area contributed by atoms with Crippen LogP contribution in [-0.4, -0.2) is 24.9 Å². The summed E-state index contributed by atoms with van der Waals surface area (Å²) >= 11 is 7.52. The van der Waals surface area contributed by atoms with Crippen molar-refractivity contribution >= 4 is 50.6 Å². The van der Waals surface area contributed by atoms with E-state index >= 15 is 0 Å². The topological polar surface area (TPSA) is 98.9 Å². The fourth-order valence-electron chi connectivity index (χ4n) is 3.21. The van der Waals surface area contributed by atoms with Gasteiger partial charge in [-0.25, -0.2) is 19.1 Å². The van der Waals surface area contributed by atoms with E-state index in [1.807, 2.05) is 25.1 Å². The number of aryl methyl sites for hydroxylation is 1. The third kappa shape index (κ3) is 4.63. The molecular formula is C22H20ClN5O3S. The largest absolute Gasteiger partial charge is 0.355 e. The Morgan fingerprint density at radius 3 is 2.56 bits per heavy atom. The first-order valence-corrected chi connectivity index (χ1v) is 11.2. The van der Waals surface area contributed by atoms with Crippen LogP contribution in [0.25, 0.3) is 10.2 Å². The Morgan fingerprint density at radius 2 is 1.84 bits per heavy atom. The molecule has 32 heavy (non-hydrogen) atoms. The minimum atomic E-state index is -0.777. The van der Waals surface area contributed by atoms with Crippen LogP contribution in [0.1, 0.15) is 23.9 Å². The summed E-state index contributed by atoms with van der Waals surface area (Å²) in [6, 6.07) is 12.6. The Labute approximate surface area is 192 Å². The monoisotopic (exact) mass is 469 g/mol. The molecule has 0 bridgehead atoms. The van der Waals surface area contributed by atoms with E-state index in [2.05, 4.69) is 15.3 Å². The predicted octanol–water partition coefficient (Wildman–Crippen LogP) is 3.75. The van der Waals surface area contributed by atoms with Crippen LogP contribution in [-0.2, 0) is 17.9 Å². The summed E-state index contributed by atoms with van der Waals surface area (Å²) < 4.78 is 3.18. The number of carbonyl (C=O) groups is 1. The van der Waals surface area contributed by atoms with Crippen LogP contribution in [0.2, 0.25) is 5.02 Å². The average Bonchev–Trinajstić information content (AvgIpc) is 3.14. The van der Waals surface area contributed by atoms with Crippen molar-refractivity contribution in [2.45, 2.75) is 33.4 Å². The minimum absolute atomic E-state index is 0.0933. The summed E-state index contributed by atoms with van der Waals surface area (Å²) in [5.74, 6) is -0.133. The zero-order chi connectivity index (χ0) is 22.8. The molecule has 2 heterocycles. The van der Waals surface area contributed by atoms with E-state index < -0.39 is 11.4 Å². The number of benzene rings is 2. The Balaban J connectivity index is 1.79. The molecule has 2 aromatic carbocycles. The molecule has 1 N–H and O–H groups in total. The molecule has 164 valence electrons. The molecule has 4 rings (SSSR count). The zero-order valence-electron chi connectivity index (χ0n) is 17.5. The maximum atomic E-state index is 13.2. The summed E-state index contributed by atoms with van der Waals surface area (Å²) in [6.45, 7) is 3.45. The number of hydrogen-bond donors (Lipinski definition) is 1. The lowest BCUT2D eigenvalue weighted by atomic mass is 10.2. The molecule has 0 amide bonds. The summed E-state index contributed by atoms with van der Waals surface area (Å²) in [5, 5.41) is 4.60. The SMILES string of the molecule is CCC(=O)Cn1c(=O)nc(Nc2ccc3nc(C)sc3c2)n(Cc2ccc(Cl)cc2)c1=O. The number of ketones is 1. The number of nitrogens with zero attached hydrogens (tertiary/aromatic N) is 4. The van der Waals surface area contributed by atoms with Crippen molar-refractivity contribution in [1.82, 2.24) is 19.1 Å². The quantitative estimate of drug-likeness (QED) is 0.442. The number of anilines is 2. The van der Waals surface area contributed by atoms with Gasteiger partial charge in [-0.2, -0.15) is 4.98 Å². The number of Topliss-reactive ketones (excluding diaryl/α,β-unsaturated/α-hetero) is 1. The summed E-state index contributed by atoms with van der Waals surface area (Å²) in [6.07, 6.45) is 0.220. The van der Waals surface area contributed by atoms with E-state index in [-0.39, 0.29) is 31.2 Å². The van der Waals surface area contributed by atoms with Crippen LogP contribution >= 0.6 is 22.9 Å². The van der Waals surface area contributed by atoms with E-state index in [0.717, 1.165) is 25.4 Å². The van der Waals surface area contributed by atoms with Crippen LogP contribution in [0.4, 0.5) is 11.6 Å². The van der Waals surface area contributed by atoms with E-state index in [1.54, 1.807) is 42.5 Å². The van der Waals surface area contributed by atoms with Gasteiger partial charge in [-0.1, -0.05) is 30.7 Å². The second-order valence-corrected chi connectivity index (χ2v) is 8.90. The number of nitrogens with one attached hydrogen (secondary N) is 1. The van der Waals surface area contributed by atoms with Crippen LogP contribution in [0, 0.1) is 6.92 Å². The lowest BCUT2D eigenvalue weighted by molar-refractivity contribution is -0.119. The van der Waals surface area contributed by atoms with Gasteiger partial charge in [0.15, 0.2) is 5.78 Å². The molecule has 0 unspecified atom stereocenters. The Hall–Kier alpha value is -3.30. The highest BCUT2D eigenvalue weighted by Crippen LogP contribution is 2.26. The van der Waals surface area contributed by atoms with Gasteiger partial charge in [-0.15, -0.1) is 11.3 Å². The molecule has 0 fully saturated rings. The molecule has 0 aliphatic carbocycles. The number of hydrogen-bond acceptors (Lipinski definition) is 7. The number of halogens is 1. The lowest BCUT2D eigenvalue weighted by Gasteiger charge is -2.15. The van der Waals surface area contributed by atoms with Crippen LogP contribution < -0.4 is 16.7 Å². The average molecular weight is 470 g/mol. The van der Waals surface area contributed by atoms with Crippen molar-refractivity contribution in [3.63, 3.8) is 0 Å². The molecule has 0 saturated heterocycles. The molecular weight excluding hydrogens is 450 g/mol. The smallest absolute Gasteiger partial charge is 0.325 e. The van der Waals surface area contributed by atoms with Crippen LogP contribution in [0.15, 0.2) is 52.1 Å². The van der Waals surface area contributed by atoms with Gasteiger partial charge in [-0.3, -0.25) is 9.36 Å². The molecule has 2 aromatic heterocycles. The first-order valence-electron chi connectivity index (χ1n) is 9.96. The number of fused-ring (bicyclic) bond motifs is 1. The van der Waals surface area contributed by atoms with Crippen molar-refractivity contribution in [3.8, 4) is 0 Å². The summed E-state index contributed by atoms with van der Waals surface area (Å²) in [4.78, 5) is 46.2. The fraction of sp³-hybridized carbons (Fsp3) is 0.227. The van der Waals surface area contributed by atoms with Gasteiger partial charge in [0.05, 0.1) is 28.3 Å². The highest BCUT2D eigenvalue weighted by molar-refractivity contribution is 7.18. The molecule has 0 atom stereocenters. The van der Waals surface area contributed by atoms with Gasteiger partial charge in [0.25, 0.3) is 0 Å². The first kappa shape index (κ1) is 21.9. The van der Waals surface area contributed by atoms with E-state index in [9.17, 15) is 14.4 Å². The summed E-state index contributed by atoms with van der Waals surface area (Å²) in [5.41, 5.74) is 0.944. The normalized spacial score (nSPS) is 11.1. The van der Waals surface area contributed by atoms with Crippen molar-refractivity contribution in [3.05, 3.63) is 79.0 Å². The second-order valence-electron chi connectivity index (χ2n) is 7.23. The highest BCUT2D eigenvalue weighted by atomic mass is 35.5. The van der Waals surface area contributed by atoms with Crippen LogP contribution in [0.5, 0.6) is 0 Å². The number of aromatic nitrogens is 4. The molecule has 10 heteroatoms. The third-order valence-corrected chi connectivity index (χ3v) is 6.07. The molecule has 0 saturated carbocycles. The van der Waals surface area contributed by atoms with E-state index in [0.29, 0.717) is 10.7 Å². The standard InChI is InChI=1S/C22H20ClN5O3S/c1-3-17(29)12-28-21(30)26-20(25-16-8-9-18-19(10-16)32-13(2)24-18)27(22(28)31)11-14-4-6-15(23)7-5-14/h4-10H,3,11-12H2,1-2H3,(H,25,26,30). The fourth-order valence-corrected chi connectivity index (χ4v) is 4.20. The maximum absolute atomic E-state index is 13.2. The van der Waals surface area contributed by atoms with Crippen molar-refractivity contribution < 1.29 is 4.79 Å². The van der Waals surface area contributed by atoms with Gasteiger partial charge in [0.1, 0.15) is 0 Å². The van der Waals surface area contributed by atoms with Crippen molar-refractivity contribution in [2.75, 3.05) is 5.32 Å². The number of thiazole rings is 1. The highest BCUT2D eigenvalue weighted by Gasteiger charge is 2.16. The molecule has 0 aliphatic rings. The van der Waals surface area contributed by atoms with Crippen molar-refractivity contribution in [2.24, 2.45) is 0 Å². The summed E-state index contributed by atoms with van der Waals surface area (Å²) in [7, 11) is 0. The molecule has 4 aromatic rings. The Kier molecular flexibility index (Phi) is 6.20. The molecule has 0 radical (unpaired) electrons. The van der Waals surface area contributed by atoms with E-state index in [4.69, 9.17) is 11.6 Å². The Bertz CT molecular complexity index is 1420. The van der Waals surface area contributed by atoms with Crippen molar-refractivity contribution in [1.29, 1.82) is 0 Å². The number of rotatable bonds is 7.